The van der Waals surface area contributed by atoms with Gasteiger partial charge in [-0.1, -0.05) is 19.9 Å². The molecule has 1 aliphatic heterocycles. The first kappa shape index (κ1) is 15.2. The maximum Gasteiger partial charge on any atom is 0.416 e. The van der Waals surface area contributed by atoms with E-state index in [1.54, 1.807) is 6.07 Å². The van der Waals surface area contributed by atoms with Gasteiger partial charge >= 0.3 is 6.18 Å². The van der Waals surface area contributed by atoms with Crippen LogP contribution in [0, 0.1) is 0 Å². The second kappa shape index (κ2) is 6.04. The van der Waals surface area contributed by atoms with Crippen molar-refractivity contribution >= 4 is 5.69 Å². The SMILES string of the molecule is CCC1CN(c2cccc(C(F)(F)F)c2)C(CC)CN1. The van der Waals surface area contributed by atoms with Gasteiger partial charge in [-0.25, -0.2) is 0 Å². The van der Waals surface area contributed by atoms with E-state index in [4.69, 9.17) is 0 Å². The highest BCUT2D eigenvalue weighted by molar-refractivity contribution is 5.51. The van der Waals surface area contributed by atoms with Gasteiger partial charge in [0.1, 0.15) is 0 Å². The molecule has 1 N–H and O–H groups in total. The standard InChI is InChI=1S/C15H21F3N2/c1-3-12-10-20(13(4-2)9-19-12)14-7-5-6-11(8-14)15(16,17)18/h5-8,12-13,19H,3-4,9-10H2,1-2H3. The number of hydrogen-bond acceptors (Lipinski definition) is 2. The van der Waals surface area contributed by atoms with Crippen LogP contribution in [0.25, 0.3) is 0 Å². The highest BCUT2D eigenvalue weighted by Gasteiger charge is 2.32. The van der Waals surface area contributed by atoms with E-state index in [0.29, 0.717) is 11.7 Å². The average Bonchev–Trinajstić information content (AvgIpc) is 2.45. The lowest BCUT2D eigenvalue weighted by Gasteiger charge is -2.41. The van der Waals surface area contributed by atoms with E-state index < -0.39 is 11.7 Å². The van der Waals surface area contributed by atoms with Crippen LogP contribution in [-0.2, 0) is 6.18 Å². The van der Waals surface area contributed by atoms with Crippen LogP contribution in [0.2, 0.25) is 0 Å². The lowest BCUT2D eigenvalue weighted by Crippen LogP contribution is -2.56. The highest BCUT2D eigenvalue weighted by Crippen LogP contribution is 2.32. The fourth-order valence-corrected chi connectivity index (χ4v) is 2.68. The zero-order chi connectivity index (χ0) is 14.8. The van der Waals surface area contributed by atoms with Crippen LogP contribution in [0.3, 0.4) is 0 Å². The summed E-state index contributed by atoms with van der Waals surface area (Å²) >= 11 is 0. The second-order valence-electron chi connectivity index (χ2n) is 5.28. The molecule has 1 fully saturated rings. The Balaban J connectivity index is 2.27. The van der Waals surface area contributed by atoms with Crippen LogP contribution >= 0.6 is 0 Å². The summed E-state index contributed by atoms with van der Waals surface area (Å²) in [5, 5.41) is 3.45. The van der Waals surface area contributed by atoms with E-state index >= 15 is 0 Å². The van der Waals surface area contributed by atoms with Crippen LogP contribution < -0.4 is 10.2 Å². The molecule has 20 heavy (non-hydrogen) atoms. The topological polar surface area (TPSA) is 15.3 Å². The zero-order valence-electron chi connectivity index (χ0n) is 11.9. The minimum absolute atomic E-state index is 0.251. The molecule has 2 atom stereocenters. The minimum atomic E-state index is -4.28. The van der Waals surface area contributed by atoms with Crippen LogP contribution in [-0.4, -0.2) is 25.2 Å². The number of piperazine rings is 1. The molecule has 2 rings (SSSR count). The largest absolute Gasteiger partial charge is 0.416 e. The lowest BCUT2D eigenvalue weighted by molar-refractivity contribution is -0.137. The molecule has 0 aliphatic carbocycles. The number of nitrogens with one attached hydrogen (secondary N) is 1. The smallest absolute Gasteiger partial charge is 0.366 e. The molecule has 1 aliphatic rings. The molecular formula is C15H21F3N2. The first-order chi connectivity index (χ1) is 9.45. The quantitative estimate of drug-likeness (QED) is 0.912. The number of anilines is 1. The van der Waals surface area contributed by atoms with Crippen LogP contribution in [0.15, 0.2) is 24.3 Å². The maximum atomic E-state index is 12.8. The van der Waals surface area contributed by atoms with Crippen LogP contribution in [0.1, 0.15) is 32.3 Å². The first-order valence-electron chi connectivity index (χ1n) is 7.13. The van der Waals surface area contributed by atoms with Gasteiger partial charge in [0.15, 0.2) is 0 Å². The van der Waals surface area contributed by atoms with Crippen molar-refractivity contribution < 1.29 is 13.2 Å². The molecule has 1 saturated heterocycles. The number of halogens is 3. The molecule has 1 aromatic rings. The molecule has 2 unspecified atom stereocenters. The van der Waals surface area contributed by atoms with Gasteiger partial charge in [0, 0.05) is 30.9 Å². The molecule has 0 amide bonds. The van der Waals surface area contributed by atoms with Crippen molar-refractivity contribution in [1.29, 1.82) is 0 Å². The molecule has 0 bridgehead atoms. The molecule has 2 nitrogen and oxygen atoms in total. The Morgan fingerprint density at radius 2 is 2.00 bits per heavy atom. The maximum absolute atomic E-state index is 12.8. The number of benzene rings is 1. The molecule has 0 radical (unpaired) electrons. The van der Waals surface area contributed by atoms with Gasteiger partial charge < -0.3 is 10.2 Å². The molecule has 5 heteroatoms. The number of nitrogens with zero attached hydrogens (tertiary/aromatic N) is 1. The van der Waals surface area contributed by atoms with E-state index in [1.165, 1.54) is 12.1 Å². The Kier molecular flexibility index (Phi) is 4.58. The number of alkyl halides is 3. The van der Waals surface area contributed by atoms with Crippen molar-refractivity contribution in [2.45, 2.75) is 44.9 Å². The summed E-state index contributed by atoms with van der Waals surface area (Å²) in [5.41, 5.74) is 0.100. The van der Waals surface area contributed by atoms with Crippen LogP contribution in [0.4, 0.5) is 18.9 Å². The van der Waals surface area contributed by atoms with Crippen molar-refractivity contribution in [2.24, 2.45) is 0 Å². The van der Waals surface area contributed by atoms with E-state index in [9.17, 15) is 13.2 Å². The van der Waals surface area contributed by atoms with Gasteiger partial charge in [-0.15, -0.1) is 0 Å². The fraction of sp³-hybridized carbons (Fsp3) is 0.600. The van der Waals surface area contributed by atoms with Gasteiger partial charge in [0.05, 0.1) is 5.56 Å². The third-order valence-electron chi connectivity index (χ3n) is 3.97. The van der Waals surface area contributed by atoms with Crippen molar-refractivity contribution in [3.8, 4) is 0 Å². The Morgan fingerprint density at radius 3 is 2.60 bits per heavy atom. The lowest BCUT2D eigenvalue weighted by atomic mass is 10.0. The molecule has 0 aromatic heterocycles. The average molecular weight is 286 g/mol. The second-order valence-corrected chi connectivity index (χ2v) is 5.28. The normalized spacial score (nSPS) is 23.9. The molecule has 112 valence electrons. The van der Waals surface area contributed by atoms with Crippen molar-refractivity contribution in [3.63, 3.8) is 0 Å². The Labute approximate surface area is 118 Å². The Morgan fingerprint density at radius 1 is 1.25 bits per heavy atom. The third kappa shape index (κ3) is 3.26. The van der Waals surface area contributed by atoms with E-state index in [1.807, 2.05) is 0 Å². The zero-order valence-corrected chi connectivity index (χ0v) is 11.9. The summed E-state index contributed by atoms with van der Waals surface area (Å²) < 4.78 is 38.5. The Hall–Kier alpha value is -1.23. The summed E-state index contributed by atoms with van der Waals surface area (Å²) in [6.07, 6.45) is -2.39. The number of hydrogen-bond donors (Lipinski definition) is 1. The molecule has 0 saturated carbocycles. The first-order valence-corrected chi connectivity index (χ1v) is 7.13. The van der Waals surface area contributed by atoms with Crippen molar-refractivity contribution in [3.05, 3.63) is 29.8 Å². The van der Waals surface area contributed by atoms with Gasteiger partial charge in [0.2, 0.25) is 0 Å². The van der Waals surface area contributed by atoms with Crippen molar-refractivity contribution in [2.75, 3.05) is 18.0 Å². The van der Waals surface area contributed by atoms with E-state index in [-0.39, 0.29) is 6.04 Å². The van der Waals surface area contributed by atoms with Gasteiger partial charge in [0.25, 0.3) is 0 Å². The summed E-state index contributed by atoms with van der Waals surface area (Å²) in [5.74, 6) is 0. The van der Waals surface area contributed by atoms with Gasteiger partial charge in [-0.3, -0.25) is 0 Å². The van der Waals surface area contributed by atoms with Gasteiger partial charge in [-0.05, 0) is 31.0 Å². The predicted molar refractivity (Wildman–Crippen MR) is 75.0 cm³/mol. The monoisotopic (exact) mass is 286 g/mol. The van der Waals surface area contributed by atoms with Gasteiger partial charge in [-0.2, -0.15) is 13.2 Å². The molecular weight excluding hydrogens is 265 g/mol. The molecule has 1 heterocycles. The van der Waals surface area contributed by atoms with E-state index in [0.717, 1.165) is 32.0 Å². The molecule has 0 spiro atoms. The van der Waals surface area contributed by atoms with E-state index in [2.05, 4.69) is 24.1 Å². The van der Waals surface area contributed by atoms with Crippen LogP contribution in [0.5, 0.6) is 0 Å². The summed E-state index contributed by atoms with van der Waals surface area (Å²) in [6, 6.07) is 6.25. The highest BCUT2D eigenvalue weighted by atomic mass is 19.4. The van der Waals surface area contributed by atoms with Crippen molar-refractivity contribution in [1.82, 2.24) is 5.32 Å². The fourth-order valence-electron chi connectivity index (χ4n) is 2.68. The predicted octanol–water partition coefficient (Wildman–Crippen LogP) is 3.67. The summed E-state index contributed by atoms with van der Waals surface area (Å²) in [6.45, 7) is 5.75. The number of rotatable bonds is 3. The Bertz CT molecular complexity index is 445. The summed E-state index contributed by atoms with van der Waals surface area (Å²) in [4.78, 5) is 2.11. The molecule has 1 aromatic carbocycles. The third-order valence-corrected chi connectivity index (χ3v) is 3.97. The summed E-state index contributed by atoms with van der Waals surface area (Å²) in [7, 11) is 0. The minimum Gasteiger partial charge on any atom is -0.366 e.